The summed E-state index contributed by atoms with van der Waals surface area (Å²) < 4.78 is 0. The molecule has 0 spiro atoms. The van der Waals surface area contributed by atoms with E-state index in [-0.39, 0.29) is 17.1 Å². The highest BCUT2D eigenvalue weighted by atomic mass is 16.3. The van der Waals surface area contributed by atoms with E-state index in [0.717, 1.165) is 31.6 Å². The number of hydrogen-bond donors (Lipinski definition) is 3. The molecule has 4 heteroatoms. The van der Waals surface area contributed by atoms with Gasteiger partial charge in [0.15, 0.2) is 0 Å². The lowest BCUT2D eigenvalue weighted by atomic mass is 9.83. The van der Waals surface area contributed by atoms with Gasteiger partial charge in [-0.15, -0.1) is 0 Å². The maximum Gasteiger partial charge on any atom is 0.224 e. The number of hydrogen-bond acceptors (Lipinski definition) is 3. The minimum absolute atomic E-state index is 0.0393. The van der Waals surface area contributed by atoms with Crippen LogP contribution in [0.2, 0.25) is 0 Å². The van der Waals surface area contributed by atoms with Gasteiger partial charge in [0.2, 0.25) is 5.91 Å². The fourth-order valence-electron chi connectivity index (χ4n) is 2.44. The monoisotopic (exact) mass is 262 g/mol. The van der Waals surface area contributed by atoms with Crippen molar-refractivity contribution in [1.29, 1.82) is 0 Å². The summed E-state index contributed by atoms with van der Waals surface area (Å²) in [5, 5.41) is 15.6. The van der Waals surface area contributed by atoms with E-state index < -0.39 is 0 Å². The summed E-state index contributed by atoms with van der Waals surface area (Å²) in [6, 6.07) is 6.77. The van der Waals surface area contributed by atoms with Gasteiger partial charge in [0.1, 0.15) is 5.75 Å². The molecule has 1 unspecified atom stereocenters. The van der Waals surface area contributed by atoms with Gasteiger partial charge in [-0.05, 0) is 42.5 Å². The standard InChI is InChI=1S/C15H22N2O2/c1-15(7-2-8-16-10-15)11-17-14(19)9-12-3-5-13(18)6-4-12/h3-6,16,18H,2,7-11H2,1H3,(H,17,19). The van der Waals surface area contributed by atoms with Gasteiger partial charge in [0.25, 0.3) is 0 Å². The Bertz CT molecular complexity index is 422. The van der Waals surface area contributed by atoms with Crippen LogP contribution in [0.3, 0.4) is 0 Å². The molecule has 1 atom stereocenters. The molecule has 1 aliphatic rings. The van der Waals surface area contributed by atoms with Crippen molar-refractivity contribution >= 4 is 5.91 Å². The average molecular weight is 262 g/mol. The second-order valence-corrected chi connectivity index (χ2v) is 5.71. The summed E-state index contributed by atoms with van der Waals surface area (Å²) in [4.78, 5) is 11.9. The zero-order valence-electron chi connectivity index (χ0n) is 11.4. The van der Waals surface area contributed by atoms with Gasteiger partial charge in [-0.1, -0.05) is 19.1 Å². The molecule has 1 fully saturated rings. The van der Waals surface area contributed by atoms with Crippen molar-refractivity contribution in [3.63, 3.8) is 0 Å². The van der Waals surface area contributed by atoms with Crippen LogP contribution in [-0.2, 0) is 11.2 Å². The molecule has 1 heterocycles. The van der Waals surface area contributed by atoms with E-state index in [1.54, 1.807) is 24.3 Å². The van der Waals surface area contributed by atoms with Gasteiger partial charge in [-0.25, -0.2) is 0 Å². The van der Waals surface area contributed by atoms with Crippen molar-refractivity contribution in [2.75, 3.05) is 19.6 Å². The molecule has 0 bridgehead atoms. The van der Waals surface area contributed by atoms with Gasteiger partial charge in [-0.3, -0.25) is 4.79 Å². The van der Waals surface area contributed by atoms with Crippen molar-refractivity contribution in [1.82, 2.24) is 10.6 Å². The van der Waals surface area contributed by atoms with Gasteiger partial charge in [-0.2, -0.15) is 0 Å². The number of phenols is 1. The van der Waals surface area contributed by atoms with Crippen LogP contribution in [0.15, 0.2) is 24.3 Å². The van der Waals surface area contributed by atoms with Crippen molar-refractivity contribution in [3.8, 4) is 5.75 Å². The molecule has 0 aromatic heterocycles. The predicted molar refractivity (Wildman–Crippen MR) is 75.0 cm³/mol. The summed E-state index contributed by atoms with van der Waals surface area (Å²) >= 11 is 0. The molecule has 1 aromatic rings. The second kappa shape index (κ2) is 6.06. The molecule has 2 rings (SSSR count). The first-order chi connectivity index (χ1) is 9.07. The summed E-state index contributed by atoms with van der Waals surface area (Å²) in [6.45, 7) is 4.97. The Morgan fingerprint density at radius 3 is 2.79 bits per heavy atom. The molecule has 1 amide bonds. The third kappa shape index (κ3) is 4.24. The van der Waals surface area contributed by atoms with E-state index in [1.807, 2.05) is 0 Å². The smallest absolute Gasteiger partial charge is 0.224 e. The number of piperidine rings is 1. The molecule has 1 aliphatic heterocycles. The zero-order chi connectivity index (χ0) is 13.7. The van der Waals surface area contributed by atoms with Crippen LogP contribution in [0.1, 0.15) is 25.3 Å². The predicted octanol–water partition coefficient (Wildman–Crippen LogP) is 1.44. The highest BCUT2D eigenvalue weighted by Gasteiger charge is 2.26. The van der Waals surface area contributed by atoms with E-state index in [2.05, 4.69) is 17.6 Å². The minimum atomic E-state index is 0.0393. The van der Waals surface area contributed by atoms with Crippen molar-refractivity contribution in [2.45, 2.75) is 26.2 Å². The highest BCUT2D eigenvalue weighted by molar-refractivity contribution is 5.78. The Morgan fingerprint density at radius 1 is 1.42 bits per heavy atom. The molecular formula is C15H22N2O2. The van der Waals surface area contributed by atoms with E-state index in [0.29, 0.717) is 6.42 Å². The molecule has 104 valence electrons. The maximum absolute atomic E-state index is 11.9. The largest absolute Gasteiger partial charge is 0.508 e. The van der Waals surface area contributed by atoms with Crippen LogP contribution in [0, 0.1) is 5.41 Å². The van der Waals surface area contributed by atoms with Crippen molar-refractivity contribution < 1.29 is 9.90 Å². The first-order valence-electron chi connectivity index (χ1n) is 6.83. The van der Waals surface area contributed by atoms with Crippen molar-refractivity contribution in [3.05, 3.63) is 29.8 Å². The Morgan fingerprint density at radius 2 is 2.16 bits per heavy atom. The molecule has 0 aliphatic carbocycles. The summed E-state index contributed by atoms with van der Waals surface area (Å²) in [5.74, 6) is 0.266. The summed E-state index contributed by atoms with van der Waals surface area (Å²) in [6.07, 6.45) is 2.69. The van der Waals surface area contributed by atoms with Crippen LogP contribution in [0.4, 0.5) is 0 Å². The lowest BCUT2D eigenvalue weighted by Gasteiger charge is -2.34. The molecule has 4 nitrogen and oxygen atoms in total. The third-order valence-electron chi connectivity index (χ3n) is 3.70. The molecule has 0 saturated carbocycles. The zero-order valence-corrected chi connectivity index (χ0v) is 11.4. The third-order valence-corrected chi connectivity index (χ3v) is 3.70. The second-order valence-electron chi connectivity index (χ2n) is 5.71. The molecule has 0 radical (unpaired) electrons. The number of rotatable bonds is 4. The van der Waals surface area contributed by atoms with Gasteiger partial charge >= 0.3 is 0 Å². The summed E-state index contributed by atoms with van der Waals surface area (Å²) in [7, 11) is 0. The number of benzene rings is 1. The number of phenolic OH excluding ortho intramolecular Hbond substituents is 1. The highest BCUT2D eigenvalue weighted by Crippen LogP contribution is 2.24. The topological polar surface area (TPSA) is 61.4 Å². The molecule has 19 heavy (non-hydrogen) atoms. The van der Waals surface area contributed by atoms with Gasteiger partial charge < -0.3 is 15.7 Å². The van der Waals surface area contributed by atoms with Crippen LogP contribution < -0.4 is 10.6 Å². The minimum Gasteiger partial charge on any atom is -0.508 e. The van der Waals surface area contributed by atoms with E-state index in [4.69, 9.17) is 0 Å². The Kier molecular flexibility index (Phi) is 4.43. The van der Waals surface area contributed by atoms with E-state index in [9.17, 15) is 9.90 Å². The Hall–Kier alpha value is -1.55. The van der Waals surface area contributed by atoms with E-state index >= 15 is 0 Å². The molecule has 3 N–H and O–H groups in total. The molecule has 1 aromatic carbocycles. The van der Waals surface area contributed by atoms with Crippen LogP contribution in [0.5, 0.6) is 5.75 Å². The van der Waals surface area contributed by atoms with Crippen molar-refractivity contribution in [2.24, 2.45) is 5.41 Å². The summed E-state index contributed by atoms with van der Waals surface area (Å²) in [5.41, 5.74) is 1.09. The number of aromatic hydroxyl groups is 1. The van der Waals surface area contributed by atoms with E-state index in [1.165, 1.54) is 6.42 Å². The Balaban J connectivity index is 1.79. The lowest BCUT2D eigenvalue weighted by molar-refractivity contribution is -0.121. The maximum atomic E-state index is 11.9. The first kappa shape index (κ1) is 13.9. The molecule has 1 saturated heterocycles. The number of carbonyl (C=O) groups excluding carboxylic acids is 1. The molecular weight excluding hydrogens is 240 g/mol. The fraction of sp³-hybridized carbons (Fsp3) is 0.533. The quantitative estimate of drug-likeness (QED) is 0.769. The average Bonchev–Trinajstić information content (AvgIpc) is 2.40. The van der Waals surface area contributed by atoms with Crippen LogP contribution in [-0.4, -0.2) is 30.6 Å². The normalized spacial score (nSPS) is 23.0. The van der Waals surface area contributed by atoms with Gasteiger partial charge in [0.05, 0.1) is 6.42 Å². The Labute approximate surface area is 114 Å². The van der Waals surface area contributed by atoms with Crippen LogP contribution in [0.25, 0.3) is 0 Å². The number of nitrogens with one attached hydrogen (secondary N) is 2. The lowest BCUT2D eigenvalue weighted by Crippen LogP contribution is -2.45. The van der Waals surface area contributed by atoms with Gasteiger partial charge in [0, 0.05) is 13.1 Å². The number of carbonyl (C=O) groups is 1. The van der Waals surface area contributed by atoms with Crippen LogP contribution >= 0.6 is 0 Å². The number of amides is 1. The SMILES string of the molecule is CC1(CNC(=O)Cc2ccc(O)cc2)CCCNC1. The fourth-order valence-corrected chi connectivity index (χ4v) is 2.44. The first-order valence-corrected chi connectivity index (χ1v) is 6.83.